The molecule has 2 heterocycles. The van der Waals surface area contributed by atoms with Gasteiger partial charge in [0, 0.05) is 20.7 Å². The maximum absolute atomic E-state index is 12.9. The molecule has 0 aliphatic carbocycles. The highest BCUT2D eigenvalue weighted by Crippen LogP contribution is 2.35. The van der Waals surface area contributed by atoms with Gasteiger partial charge in [-0.1, -0.05) is 51.8 Å². The number of nitrogens with one attached hydrogen (secondary N) is 1. The highest BCUT2D eigenvalue weighted by atomic mass is 79.9. The summed E-state index contributed by atoms with van der Waals surface area (Å²) >= 11 is 6.71. The van der Waals surface area contributed by atoms with Gasteiger partial charge in [-0.3, -0.25) is 4.79 Å². The third kappa shape index (κ3) is 4.79. The lowest BCUT2D eigenvalue weighted by Gasteiger charge is -2.06. The standard InChI is InChI=1S/C23H21BrN2O2S2/c1-14-6-8-16(9-7-14)20-15(2)30-23-21(20)22(27)25-19(26-23)13-29-11-10-28-18-5-3-4-17(24)12-18/h3-9,12H,10-11,13H2,1-2H3,(H,25,26,27). The molecule has 0 bridgehead atoms. The van der Waals surface area contributed by atoms with Gasteiger partial charge in [0.15, 0.2) is 0 Å². The Morgan fingerprint density at radius 3 is 2.73 bits per heavy atom. The number of fused-ring (bicyclic) bond motifs is 1. The van der Waals surface area contributed by atoms with Crippen LogP contribution in [0.1, 0.15) is 16.3 Å². The van der Waals surface area contributed by atoms with Crippen LogP contribution in [0.25, 0.3) is 21.3 Å². The number of nitrogens with zero attached hydrogens (tertiary/aromatic N) is 1. The molecule has 30 heavy (non-hydrogen) atoms. The van der Waals surface area contributed by atoms with Crippen molar-refractivity contribution >= 4 is 49.2 Å². The number of H-pyrrole nitrogens is 1. The molecule has 154 valence electrons. The van der Waals surface area contributed by atoms with Crippen molar-refractivity contribution < 1.29 is 4.74 Å². The fraction of sp³-hybridized carbons (Fsp3) is 0.217. The van der Waals surface area contributed by atoms with Gasteiger partial charge >= 0.3 is 0 Å². The number of hydrogen-bond donors (Lipinski definition) is 1. The first-order chi connectivity index (χ1) is 14.5. The van der Waals surface area contributed by atoms with E-state index in [9.17, 15) is 4.79 Å². The predicted octanol–water partition coefficient (Wildman–Crippen LogP) is 6.34. The van der Waals surface area contributed by atoms with Gasteiger partial charge in [0.05, 0.1) is 17.7 Å². The highest BCUT2D eigenvalue weighted by molar-refractivity contribution is 9.10. The molecule has 0 spiro atoms. The Kier molecular flexibility index (Phi) is 6.61. The third-order valence-corrected chi connectivity index (χ3v) is 7.08. The van der Waals surface area contributed by atoms with Crippen LogP contribution in [0, 0.1) is 13.8 Å². The normalized spacial score (nSPS) is 11.2. The van der Waals surface area contributed by atoms with E-state index in [0.717, 1.165) is 36.8 Å². The molecule has 1 N–H and O–H groups in total. The molecule has 4 nitrogen and oxygen atoms in total. The zero-order valence-electron chi connectivity index (χ0n) is 16.7. The lowest BCUT2D eigenvalue weighted by molar-refractivity contribution is 0.343. The van der Waals surface area contributed by atoms with Crippen molar-refractivity contribution in [2.75, 3.05) is 12.4 Å². The second-order valence-corrected chi connectivity index (χ2v) is 10.2. The lowest BCUT2D eigenvalue weighted by Crippen LogP contribution is -2.11. The summed E-state index contributed by atoms with van der Waals surface area (Å²) in [5.74, 6) is 3.00. The zero-order valence-corrected chi connectivity index (χ0v) is 19.9. The van der Waals surface area contributed by atoms with E-state index < -0.39 is 0 Å². The molecule has 0 aliphatic heterocycles. The molecule has 4 aromatic rings. The molecule has 0 fully saturated rings. The Labute approximate surface area is 191 Å². The summed E-state index contributed by atoms with van der Waals surface area (Å²) in [6, 6.07) is 16.1. The first-order valence-electron chi connectivity index (χ1n) is 9.57. The van der Waals surface area contributed by atoms with Gasteiger partial charge in [-0.2, -0.15) is 11.8 Å². The Bertz CT molecular complexity index is 1230. The molecular weight excluding hydrogens is 480 g/mol. The minimum atomic E-state index is -0.0686. The number of ether oxygens (including phenoxy) is 1. The fourth-order valence-electron chi connectivity index (χ4n) is 3.24. The van der Waals surface area contributed by atoms with E-state index >= 15 is 0 Å². The number of aryl methyl sites for hydroxylation is 2. The van der Waals surface area contributed by atoms with Crippen LogP contribution in [0.15, 0.2) is 57.8 Å². The number of hydrogen-bond acceptors (Lipinski definition) is 5. The molecule has 4 rings (SSSR count). The molecule has 0 saturated carbocycles. The number of thioether (sulfide) groups is 1. The Morgan fingerprint density at radius 1 is 1.17 bits per heavy atom. The maximum Gasteiger partial charge on any atom is 0.260 e. The van der Waals surface area contributed by atoms with E-state index in [2.05, 4.69) is 59.0 Å². The number of thiophene rings is 1. The number of halogens is 1. The minimum absolute atomic E-state index is 0.0686. The summed E-state index contributed by atoms with van der Waals surface area (Å²) in [6.45, 7) is 4.71. The van der Waals surface area contributed by atoms with Crippen LogP contribution in [0.5, 0.6) is 5.75 Å². The van der Waals surface area contributed by atoms with E-state index in [1.165, 1.54) is 5.56 Å². The molecule has 0 atom stereocenters. The summed E-state index contributed by atoms with van der Waals surface area (Å²) in [5, 5.41) is 0.688. The molecule has 0 aliphatic rings. The van der Waals surface area contributed by atoms with Crippen molar-refractivity contribution in [1.29, 1.82) is 0 Å². The van der Waals surface area contributed by atoms with E-state index in [-0.39, 0.29) is 5.56 Å². The van der Waals surface area contributed by atoms with E-state index in [1.54, 1.807) is 23.1 Å². The molecule has 0 unspecified atom stereocenters. The van der Waals surface area contributed by atoms with Crippen molar-refractivity contribution in [2.24, 2.45) is 0 Å². The molecule has 2 aromatic heterocycles. The SMILES string of the molecule is Cc1ccc(-c2c(C)sc3nc(CSCCOc4cccc(Br)c4)[nH]c(=O)c23)cc1. The van der Waals surface area contributed by atoms with Crippen LogP contribution in [-0.4, -0.2) is 22.3 Å². The lowest BCUT2D eigenvalue weighted by atomic mass is 10.0. The smallest absolute Gasteiger partial charge is 0.260 e. The van der Waals surface area contributed by atoms with Gasteiger partial charge < -0.3 is 9.72 Å². The van der Waals surface area contributed by atoms with Crippen LogP contribution < -0.4 is 10.3 Å². The Balaban J connectivity index is 1.44. The largest absolute Gasteiger partial charge is 0.493 e. The van der Waals surface area contributed by atoms with Gasteiger partial charge in [-0.25, -0.2) is 4.98 Å². The fourth-order valence-corrected chi connectivity index (χ4v) is 5.36. The number of aromatic amines is 1. The van der Waals surface area contributed by atoms with Gasteiger partial charge in [0.2, 0.25) is 0 Å². The first kappa shape index (κ1) is 21.2. The summed E-state index contributed by atoms with van der Waals surface area (Å²) < 4.78 is 6.75. The first-order valence-corrected chi connectivity index (χ1v) is 12.3. The van der Waals surface area contributed by atoms with Gasteiger partial charge in [0.1, 0.15) is 16.4 Å². The average molecular weight is 501 g/mol. The summed E-state index contributed by atoms with van der Waals surface area (Å²) in [7, 11) is 0. The van der Waals surface area contributed by atoms with E-state index in [4.69, 9.17) is 9.72 Å². The maximum atomic E-state index is 12.9. The van der Waals surface area contributed by atoms with Gasteiger partial charge in [-0.05, 0) is 37.6 Å². The van der Waals surface area contributed by atoms with Gasteiger partial charge in [0.25, 0.3) is 5.56 Å². The van der Waals surface area contributed by atoms with Crippen LogP contribution in [0.3, 0.4) is 0 Å². The third-order valence-electron chi connectivity index (χ3n) is 4.66. The van der Waals surface area contributed by atoms with Gasteiger partial charge in [-0.15, -0.1) is 11.3 Å². The second-order valence-electron chi connectivity index (χ2n) is 6.95. The number of rotatable bonds is 7. The molecular formula is C23H21BrN2O2S2. The molecule has 0 amide bonds. The number of aromatic nitrogens is 2. The topological polar surface area (TPSA) is 55.0 Å². The number of benzene rings is 2. The molecule has 2 aromatic carbocycles. The van der Waals surface area contributed by atoms with Crippen molar-refractivity contribution in [1.82, 2.24) is 9.97 Å². The van der Waals surface area contributed by atoms with E-state index in [1.807, 2.05) is 24.3 Å². The van der Waals surface area contributed by atoms with E-state index in [0.29, 0.717) is 23.6 Å². The molecule has 7 heteroatoms. The summed E-state index contributed by atoms with van der Waals surface area (Å²) in [4.78, 5) is 22.5. The quantitative estimate of drug-likeness (QED) is 0.300. The summed E-state index contributed by atoms with van der Waals surface area (Å²) in [6.07, 6.45) is 0. The van der Waals surface area contributed by atoms with Crippen molar-refractivity contribution in [3.8, 4) is 16.9 Å². The minimum Gasteiger partial charge on any atom is -0.493 e. The van der Waals surface area contributed by atoms with Crippen LogP contribution in [0.4, 0.5) is 0 Å². The molecule has 0 radical (unpaired) electrons. The second kappa shape index (κ2) is 9.37. The van der Waals surface area contributed by atoms with Crippen LogP contribution in [0.2, 0.25) is 0 Å². The van der Waals surface area contributed by atoms with Crippen molar-refractivity contribution in [3.05, 3.63) is 79.6 Å². The Morgan fingerprint density at radius 2 is 1.97 bits per heavy atom. The molecule has 0 saturated heterocycles. The highest BCUT2D eigenvalue weighted by Gasteiger charge is 2.16. The average Bonchev–Trinajstić information content (AvgIpc) is 3.05. The van der Waals surface area contributed by atoms with Crippen LogP contribution >= 0.6 is 39.0 Å². The predicted molar refractivity (Wildman–Crippen MR) is 131 cm³/mol. The monoisotopic (exact) mass is 500 g/mol. The summed E-state index contributed by atoms with van der Waals surface area (Å²) in [5.41, 5.74) is 3.18. The zero-order chi connectivity index (χ0) is 21.1. The van der Waals surface area contributed by atoms with Crippen molar-refractivity contribution in [2.45, 2.75) is 19.6 Å². The Hall–Kier alpha value is -2.09. The van der Waals surface area contributed by atoms with Crippen molar-refractivity contribution in [3.63, 3.8) is 0 Å². The van der Waals surface area contributed by atoms with Crippen LogP contribution in [-0.2, 0) is 5.75 Å².